The number of pyridine rings is 1. The molecule has 5 heteroatoms. The Morgan fingerprint density at radius 3 is 1.38 bits per heavy atom. The van der Waals surface area contributed by atoms with Crippen LogP contribution in [0, 0.1) is 17.5 Å². The minimum absolute atomic E-state index is 0.440. The normalized spacial score (nSPS) is 11.4. The second kappa shape index (κ2) is 7.84. The first-order valence-electron chi connectivity index (χ1n) is 8.90. The topological polar surface area (TPSA) is 12.9 Å². The number of benzene rings is 3. The Bertz CT molecular complexity index is 1050. The van der Waals surface area contributed by atoms with E-state index in [4.69, 9.17) is 0 Å². The third-order valence-electron chi connectivity index (χ3n) is 4.93. The lowest BCUT2D eigenvalue weighted by atomic mass is 9.65. The zero-order valence-corrected chi connectivity index (χ0v) is 16.7. The van der Waals surface area contributed by atoms with E-state index >= 15 is 0 Å². The Labute approximate surface area is 175 Å². The molecule has 0 aliphatic heterocycles. The molecular weight excluding hydrogens is 439 g/mol. The van der Waals surface area contributed by atoms with Gasteiger partial charge in [0.15, 0.2) is 0 Å². The molecule has 0 spiro atoms. The largest absolute Gasteiger partial charge is 0.249 e. The highest BCUT2D eigenvalue weighted by atomic mass is 79.9. The maximum Gasteiger partial charge on any atom is 0.123 e. The summed E-state index contributed by atoms with van der Waals surface area (Å²) in [6.45, 7) is 0. The maximum absolute atomic E-state index is 14.3. The van der Waals surface area contributed by atoms with Crippen molar-refractivity contribution in [3.05, 3.63) is 135 Å². The first kappa shape index (κ1) is 19.4. The Morgan fingerprint density at radius 1 is 0.586 bits per heavy atom. The molecule has 1 aromatic heterocycles. The molecule has 0 bridgehead atoms. The van der Waals surface area contributed by atoms with Crippen molar-refractivity contribution in [2.45, 2.75) is 5.41 Å². The Balaban J connectivity index is 2.17. The molecule has 3 aromatic carbocycles. The van der Waals surface area contributed by atoms with Crippen LogP contribution in [0.3, 0.4) is 0 Å². The van der Waals surface area contributed by atoms with Gasteiger partial charge >= 0.3 is 0 Å². The van der Waals surface area contributed by atoms with Crippen molar-refractivity contribution < 1.29 is 13.2 Å². The molecule has 0 atom stereocenters. The SMILES string of the molecule is Fc1cccc(C(c2ccc(Br)nc2)(c2cccc(F)c2)c2cccc(F)c2)c1. The first-order valence-corrected chi connectivity index (χ1v) is 9.69. The second-order valence-electron chi connectivity index (χ2n) is 6.65. The van der Waals surface area contributed by atoms with Crippen molar-refractivity contribution in [2.24, 2.45) is 0 Å². The highest BCUT2D eigenvalue weighted by molar-refractivity contribution is 9.10. The summed E-state index contributed by atoms with van der Waals surface area (Å²) < 4.78 is 43.5. The van der Waals surface area contributed by atoms with Crippen LogP contribution in [0.2, 0.25) is 0 Å². The molecule has 29 heavy (non-hydrogen) atoms. The molecule has 0 saturated carbocycles. The number of nitrogens with zero attached hydrogens (tertiary/aromatic N) is 1. The zero-order chi connectivity index (χ0) is 20.4. The molecule has 144 valence electrons. The summed E-state index contributed by atoms with van der Waals surface area (Å²) in [4.78, 5) is 4.32. The van der Waals surface area contributed by atoms with Crippen LogP contribution in [-0.4, -0.2) is 4.98 Å². The van der Waals surface area contributed by atoms with Crippen LogP contribution in [0.25, 0.3) is 0 Å². The summed E-state index contributed by atoms with van der Waals surface area (Å²) in [5.41, 5.74) is 1.11. The van der Waals surface area contributed by atoms with E-state index in [-0.39, 0.29) is 0 Å². The van der Waals surface area contributed by atoms with E-state index < -0.39 is 22.9 Å². The van der Waals surface area contributed by atoms with Gasteiger partial charge in [0.1, 0.15) is 22.1 Å². The molecule has 0 aliphatic carbocycles. The van der Waals surface area contributed by atoms with E-state index in [1.807, 2.05) is 6.07 Å². The Hall–Kier alpha value is -2.92. The molecule has 0 unspecified atom stereocenters. The molecule has 1 nitrogen and oxygen atoms in total. The molecule has 0 amide bonds. The van der Waals surface area contributed by atoms with Gasteiger partial charge in [0.2, 0.25) is 0 Å². The number of rotatable bonds is 4. The molecule has 0 N–H and O–H groups in total. The molecule has 0 aliphatic rings. The van der Waals surface area contributed by atoms with Gasteiger partial charge in [-0.15, -0.1) is 0 Å². The van der Waals surface area contributed by atoms with Crippen molar-refractivity contribution in [3.8, 4) is 0 Å². The fourth-order valence-electron chi connectivity index (χ4n) is 3.76. The van der Waals surface area contributed by atoms with E-state index in [1.165, 1.54) is 36.4 Å². The Kier molecular flexibility index (Phi) is 5.24. The van der Waals surface area contributed by atoms with Crippen LogP contribution in [0.1, 0.15) is 22.3 Å². The van der Waals surface area contributed by atoms with Crippen molar-refractivity contribution in [1.82, 2.24) is 4.98 Å². The fourth-order valence-corrected chi connectivity index (χ4v) is 4.00. The zero-order valence-electron chi connectivity index (χ0n) is 15.1. The molecular formula is C24H15BrF3N. The monoisotopic (exact) mass is 453 g/mol. The van der Waals surface area contributed by atoms with E-state index in [2.05, 4.69) is 20.9 Å². The van der Waals surface area contributed by atoms with Gasteiger partial charge in [-0.25, -0.2) is 18.2 Å². The van der Waals surface area contributed by atoms with Crippen molar-refractivity contribution >= 4 is 15.9 Å². The van der Waals surface area contributed by atoms with E-state index in [0.29, 0.717) is 26.9 Å². The summed E-state index contributed by atoms with van der Waals surface area (Å²) in [6.07, 6.45) is 1.63. The van der Waals surface area contributed by atoms with Crippen LogP contribution >= 0.6 is 15.9 Å². The van der Waals surface area contributed by atoms with Crippen molar-refractivity contribution in [2.75, 3.05) is 0 Å². The summed E-state index contributed by atoms with van der Waals surface area (Å²) in [5, 5.41) is 0. The molecule has 0 fully saturated rings. The number of halogens is 4. The van der Waals surface area contributed by atoms with Crippen LogP contribution in [0.15, 0.2) is 95.7 Å². The smallest absolute Gasteiger partial charge is 0.123 e. The van der Waals surface area contributed by atoms with Gasteiger partial charge in [0.05, 0.1) is 5.41 Å². The van der Waals surface area contributed by atoms with Crippen LogP contribution in [0.4, 0.5) is 13.2 Å². The summed E-state index contributed by atoms with van der Waals surface area (Å²) in [7, 11) is 0. The quantitative estimate of drug-likeness (QED) is 0.249. The van der Waals surface area contributed by atoms with Gasteiger partial charge < -0.3 is 0 Å². The summed E-state index contributed by atoms with van der Waals surface area (Å²) in [6, 6.07) is 21.8. The van der Waals surface area contributed by atoms with Crippen molar-refractivity contribution in [1.29, 1.82) is 0 Å². The maximum atomic E-state index is 14.3. The van der Waals surface area contributed by atoms with Gasteiger partial charge in [-0.2, -0.15) is 0 Å². The molecule has 4 rings (SSSR count). The second-order valence-corrected chi connectivity index (χ2v) is 7.46. The van der Waals surface area contributed by atoms with E-state index in [1.54, 1.807) is 48.7 Å². The summed E-state index contributed by atoms with van der Waals surface area (Å²) in [5.74, 6) is -1.32. The molecule has 4 aromatic rings. The third kappa shape index (κ3) is 3.58. The lowest BCUT2D eigenvalue weighted by Crippen LogP contribution is -2.31. The van der Waals surface area contributed by atoms with Crippen molar-refractivity contribution in [3.63, 3.8) is 0 Å². The molecule has 1 heterocycles. The van der Waals surface area contributed by atoms with Gasteiger partial charge in [-0.05, 0) is 80.6 Å². The number of hydrogen-bond acceptors (Lipinski definition) is 1. The van der Waals surface area contributed by atoms with Crippen LogP contribution in [0.5, 0.6) is 0 Å². The number of hydrogen-bond donors (Lipinski definition) is 0. The minimum Gasteiger partial charge on any atom is -0.249 e. The van der Waals surface area contributed by atoms with E-state index in [9.17, 15) is 13.2 Å². The Morgan fingerprint density at radius 2 is 1.03 bits per heavy atom. The van der Waals surface area contributed by atoms with Gasteiger partial charge in [-0.1, -0.05) is 42.5 Å². The predicted molar refractivity (Wildman–Crippen MR) is 110 cm³/mol. The average Bonchev–Trinajstić information content (AvgIpc) is 2.70. The van der Waals surface area contributed by atoms with Crippen LogP contribution in [-0.2, 0) is 5.41 Å². The lowest BCUT2D eigenvalue weighted by molar-refractivity contribution is 0.605. The lowest BCUT2D eigenvalue weighted by Gasteiger charge is -2.36. The number of aromatic nitrogens is 1. The fraction of sp³-hybridized carbons (Fsp3) is 0.0417. The third-order valence-corrected chi connectivity index (χ3v) is 5.40. The van der Waals surface area contributed by atoms with Gasteiger partial charge in [0.25, 0.3) is 0 Å². The highest BCUT2D eigenvalue weighted by Gasteiger charge is 2.39. The van der Waals surface area contributed by atoms with E-state index in [0.717, 1.165) is 0 Å². The molecule has 0 radical (unpaired) electrons. The first-order chi connectivity index (χ1) is 14.0. The van der Waals surface area contributed by atoms with Gasteiger partial charge in [0, 0.05) is 6.20 Å². The van der Waals surface area contributed by atoms with Gasteiger partial charge in [-0.3, -0.25) is 0 Å². The molecule has 0 saturated heterocycles. The average molecular weight is 454 g/mol. The highest BCUT2D eigenvalue weighted by Crippen LogP contribution is 2.45. The minimum atomic E-state index is -1.17. The summed E-state index contributed by atoms with van der Waals surface area (Å²) >= 11 is 3.32. The van der Waals surface area contributed by atoms with Crippen LogP contribution < -0.4 is 0 Å². The predicted octanol–water partition coefficient (Wildman–Crippen LogP) is 6.64. The standard InChI is InChI=1S/C24H15BrF3N/c25-23-11-10-19(15-29-23)24(16-4-1-7-20(26)12-16,17-5-2-8-21(27)13-17)18-6-3-9-22(28)14-18/h1-15H.